The predicted molar refractivity (Wildman–Crippen MR) is 101 cm³/mol. The maximum Gasteiger partial charge on any atom is 0.272 e. The van der Waals surface area contributed by atoms with Gasteiger partial charge in [0.15, 0.2) is 0 Å². The van der Waals surface area contributed by atoms with Gasteiger partial charge in [-0.05, 0) is 36.8 Å². The first-order valence-electron chi connectivity index (χ1n) is 7.76. The van der Waals surface area contributed by atoms with Crippen molar-refractivity contribution in [3.8, 4) is 0 Å². The molecule has 132 valence electrons. The largest absolute Gasteiger partial charge is 0.307 e. The molecule has 3 rings (SSSR count). The Hall–Kier alpha value is -3.00. The molecule has 0 saturated carbocycles. The highest BCUT2D eigenvalue weighted by Crippen LogP contribution is 2.20. The molecule has 1 aromatic heterocycles. The maximum absolute atomic E-state index is 12.5. The van der Waals surface area contributed by atoms with Crippen LogP contribution in [0.4, 0.5) is 11.5 Å². The summed E-state index contributed by atoms with van der Waals surface area (Å²) < 4.78 is 2.67. The topological polar surface area (TPSA) is 90.1 Å². The molecular formula is C18H15BrN4O3. The van der Waals surface area contributed by atoms with Crippen molar-refractivity contribution in [2.45, 2.75) is 13.5 Å². The van der Waals surface area contributed by atoms with Crippen molar-refractivity contribution in [2.24, 2.45) is 0 Å². The highest BCUT2D eigenvalue weighted by atomic mass is 79.9. The number of benzene rings is 2. The van der Waals surface area contributed by atoms with Crippen LogP contribution in [-0.4, -0.2) is 20.6 Å². The second-order valence-corrected chi connectivity index (χ2v) is 6.63. The number of nitro groups is 1. The average Bonchev–Trinajstić information content (AvgIpc) is 3.03. The quantitative estimate of drug-likeness (QED) is 0.501. The zero-order valence-corrected chi connectivity index (χ0v) is 15.4. The van der Waals surface area contributed by atoms with Gasteiger partial charge in [0.25, 0.3) is 11.6 Å². The fraction of sp³-hybridized carbons (Fsp3) is 0.111. The van der Waals surface area contributed by atoms with E-state index in [1.807, 2.05) is 24.3 Å². The Morgan fingerprint density at radius 2 is 1.96 bits per heavy atom. The monoisotopic (exact) mass is 414 g/mol. The van der Waals surface area contributed by atoms with Crippen molar-refractivity contribution in [1.29, 1.82) is 0 Å². The van der Waals surface area contributed by atoms with Crippen LogP contribution in [0, 0.1) is 17.0 Å². The molecule has 0 fully saturated rings. The first-order chi connectivity index (χ1) is 12.4. The SMILES string of the molecule is Cc1cc(C(=O)Nc2ccnn2Cc2ccc(Br)cc2)ccc1[N+](=O)[O-]. The Labute approximate surface area is 157 Å². The molecule has 3 aromatic rings. The summed E-state index contributed by atoms with van der Waals surface area (Å²) in [6.45, 7) is 2.11. The van der Waals surface area contributed by atoms with Crippen LogP contribution in [0.5, 0.6) is 0 Å². The van der Waals surface area contributed by atoms with Gasteiger partial charge in [-0.1, -0.05) is 28.1 Å². The van der Waals surface area contributed by atoms with Gasteiger partial charge in [-0.25, -0.2) is 4.68 Å². The lowest BCUT2D eigenvalue weighted by Crippen LogP contribution is -2.16. The normalized spacial score (nSPS) is 10.5. The third-order valence-electron chi connectivity index (χ3n) is 3.86. The van der Waals surface area contributed by atoms with Gasteiger partial charge in [0, 0.05) is 27.7 Å². The number of hydrogen-bond donors (Lipinski definition) is 1. The van der Waals surface area contributed by atoms with Gasteiger partial charge >= 0.3 is 0 Å². The van der Waals surface area contributed by atoms with E-state index >= 15 is 0 Å². The number of anilines is 1. The Bertz CT molecular complexity index is 967. The van der Waals surface area contributed by atoms with E-state index in [1.54, 1.807) is 23.9 Å². The number of halogens is 1. The number of hydrogen-bond acceptors (Lipinski definition) is 4. The molecule has 0 aliphatic carbocycles. The van der Waals surface area contributed by atoms with Crippen molar-refractivity contribution in [3.05, 3.63) is 86.0 Å². The first-order valence-corrected chi connectivity index (χ1v) is 8.56. The number of carbonyl (C=O) groups excluding carboxylic acids is 1. The smallest absolute Gasteiger partial charge is 0.272 e. The van der Waals surface area contributed by atoms with E-state index in [-0.39, 0.29) is 11.6 Å². The van der Waals surface area contributed by atoms with Gasteiger partial charge < -0.3 is 5.32 Å². The minimum atomic E-state index is -0.468. The molecule has 7 nitrogen and oxygen atoms in total. The Balaban J connectivity index is 1.76. The van der Waals surface area contributed by atoms with Crippen LogP contribution in [0.2, 0.25) is 0 Å². The van der Waals surface area contributed by atoms with Crippen LogP contribution < -0.4 is 5.32 Å². The lowest BCUT2D eigenvalue weighted by Gasteiger charge is -2.10. The van der Waals surface area contributed by atoms with Crippen molar-refractivity contribution in [2.75, 3.05) is 5.32 Å². The van der Waals surface area contributed by atoms with Gasteiger partial charge in [-0.3, -0.25) is 14.9 Å². The molecule has 26 heavy (non-hydrogen) atoms. The molecule has 0 atom stereocenters. The number of rotatable bonds is 5. The number of aryl methyl sites for hydroxylation is 1. The Kier molecular flexibility index (Phi) is 5.13. The van der Waals surface area contributed by atoms with E-state index in [0.29, 0.717) is 23.5 Å². The molecule has 0 saturated heterocycles. The standard InChI is InChI=1S/C18H15BrN4O3/c1-12-10-14(4-7-16(12)23(25)26)18(24)21-17-8-9-20-22(17)11-13-2-5-15(19)6-3-13/h2-10H,11H2,1H3,(H,21,24). The van der Waals surface area contributed by atoms with E-state index in [0.717, 1.165) is 10.0 Å². The van der Waals surface area contributed by atoms with Crippen LogP contribution in [0.25, 0.3) is 0 Å². The van der Waals surface area contributed by atoms with Crippen molar-refractivity contribution < 1.29 is 9.72 Å². The van der Waals surface area contributed by atoms with Gasteiger partial charge in [-0.2, -0.15) is 5.10 Å². The minimum Gasteiger partial charge on any atom is -0.307 e. The molecule has 1 N–H and O–H groups in total. The number of aromatic nitrogens is 2. The van der Waals surface area contributed by atoms with Gasteiger partial charge in [-0.15, -0.1) is 0 Å². The summed E-state index contributed by atoms with van der Waals surface area (Å²) in [7, 11) is 0. The van der Waals surface area contributed by atoms with E-state index in [1.165, 1.54) is 18.2 Å². The van der Waals surface area contributed by atoms with Crippen LogP contribution in [-0.2, 0) is 6.54 Å². The summed E-state index contributed by atoms with van der Waals surface area (Å²) in [5, 5.41) is 17.9. The number of amides is 1. The first kappa shape index (κ1) is 17.8. The van der Waals surface area contributed by atoms with Crippen molar-refractivity contribution in [1.82, 2.24) is 9.78 Å². The second kappa shape index (κ2) is 7.49. The van der Waals surface area contributed by atoms with Gasteiger partial charge in [0.05, 0.1) is 17.7 Å². The second-order valence-electron chi connectivity index (χ2n) is 5.71. The molecule has 8 heteroatoms. The number of nitro benzene ring substituents is 1. The zero-order chi connectivity index (χ0) is 18.7. The minimum absolute atomic E-state index is 0.0122. The molecule has 1 heterocycles. The van der Waals surface area contributed by atoms with Crippen LogP contribution in [0.1, 0.15) is 21.5 Å². The lowest BCUT2D eigenvalue weighted by atomic mass is 10.1. The maximum atomic E-state index is 12.5. The highest BCUT2D eigenvalue weighted by Gasteiger charge is 2.15. The molecular weight excluding hydrogens is 400 g/mol. The summed E-state index contributed by atoms with van der Waals surface area (Å²) in [6.07, 6.45) is 1.61. The van der Waals surface area contributed by atoms with E-state index in [2.05, 4.69) is 26.3 Å². The molecule has 1 amide bonds. The van der Waals surface area contributed by atoms with E-state index in [4.69, 9.17) is 0 Å². The van der Waals surface area contributed by atoms with Crippen LogP contribution >= 0.6 is 15.9 Å². The summed E-state index contributed by atoms with van der Waals surface area (Å²) in [5.41, 5.74) is 1.82. The third-order valence-corrected chi connectivity index (χ3v) is 4.39. The van der Waals surface area contributed by atoms with Gasteiger partial charge in [0.1, 0.15) is 5.82 Å². The average molecular weight is 415 g/mol. The fourth-order valence-electron chi connectivity index (χ4n) is 2.52. The van der Waals surface area contributed by atoms with Crippen molar-refractivity contribution in [3.63, 3.8) is 0 Å². The van der Waals surface area contributed by atoms with Crippen molar-refractivity contribution >= 4 is 33.3 Å². The molecule has 0 aliphatic rings. The lowest BCUT2D eigenvalue weighted by molar-refractivity contribution is -0.385. The zero-order valence-electron chi connectivity index (χ0n) is 13.8. The fourth-order valence-corrected chi connectivity index (χ4v) is 2.78. The molecule has 2 aromatic carbocycles. The summed E-state index contributed by atoms with van der Waals surface area (Å²) in [4.78, 5) is 22.9. The summed E-state index contributed by atoms with van der Waals surface area (Å²) >= 11 is 3.39. The number of carbonyl (C=O) groups is 1. The summed E-state index contributed by atoms with van der Waals surface area (Å²) in [6, 6.07) is 13.8. The van der Waals surface area contributed by atoms with E-state index in [9.17, 15) is 14.9 Å². The number of nitrogens with zero attached hydrogens (tertiary/aromatic N) is 3. The van der Waals surface area contributed by atoms with Crippen LogP contribution in [0.3, 0.4) is 0 Å². The molecule has 0 spiro atoms. The highest BCUT2D eigenvalue weighted by molar-refractivity contribution is 9.10. The van der Waals surface area contributed by atoms with Crippen LogP contribution in [0.15, 0.2) is 59.2 Å². The third kappa shape index (κ3) is 3.97. The molecule has 0 radical (unpaired) electrons. The summed E-state index contributed by atoms with van der Waals surface area (Å²) in [5.74, 6) is 0.203. The predicted octanol–water partition coefficient (Wildman–Crippen LogP) is 4.16. The van der Waals surface area contributed by atoms with E-state index < -0.39 is 4.92 Å². The molecule has 0 unspecified atom stereocenters. The Morgan fingerprint density at radius 3 is 2.62 bits per heavy atom. The van der Waals surface area contributed by atoms with Gasteiger partial charge in [0.2, 0.25) is 0 Å². The molecule has 0 bridgehead atoms. The molecule has 0 aliphatic heterocycles. The Morgan fingerprint density at radius 1 is 1.23 bits per heavy atom. The number of nitrogens with one attached hydrogen (secondary N) is 1.